The molecule has 0 amide bonds. The van der Waals surface area contributed by atoms with Crippen LogP contribution < -0.4 is 15.2 Å². The third kappa shape index (κ3) is 4.88. The summed E-state index contributed by atoms with van der Waals surface area (Å²) in [5.74, 6) is 1.63. The number of rotatable bonds is 7. The van der Waals surface area contributed by atoms with Gasteiger partial charge in [0.2, 0.25) is 0 Å². The van der Waals surface area contributed by atoms with Crippen LogP contribution in [0.15, 0.2) is 18.2 Å². The van der Waals surface area contributed by atoms with Crippen molar-refractivity contribution in [2.24, 2.45) is 5.73 Å². The number of nitrogens with two attached hydrogens (primary N) is 1. The molecule has 0 saturated heterocycles. The van der Waals surface area contributed by atoms with Crippen LogP contribution in [0.2, 0.25) is 0 Å². The van der Waals surface area contributed by atoms with Crippen LogP contribution in [0.3, 0.4) is 0 Å². The fourth-order valence-electron chi connectivity index (χ4n) is 2.48. The van der Waals surface area contributed by atoms with Crippen molar-refractivity contribution in [3.63, 3.8) is 0 Å². The van der Waals surface area contributed by atoms with E-state index in [9.17, 15) is 0 Å². The van der Waals surface area contributed by atoms with Gasteiger partial charge in [-0.05, 0) is 58.3 Å². The summed E-state index contributed by atoms with van der Waals surface area (Å²) >= 11 is 0. The van der Waals surface area contributed by atoms with E-state index >= 15 is 0 Å². The first-order valence-electron chi connectivity index (χ1n) is 7.54. The van der Waals surface area contributed by atoms with Gasteiger partial charge in [0, 0.05) is 12.6 Å². The normalized spacial score (nSPS) is 15.5. The molecule has 1 aliphatic heterocycles. The minimum atomic E-state index is -0.00909. The number of ether oxygens (including phenoxy) is 2. The summed E-state index contributed by atoms with van der Waals surface area (Å²) in [6, 6.07) is 5.99. The summed E-state index contributed by atoms with van der Waals surface area (Å²) in [5.41, 5.74) is 7.41. The molecule has 0 radical (unpaired) electrons. The summed E-state index contributed by atoms with van der Waals surface area (Å²) in [6.45, 7) is 4.22. The largest absolute Gasteiger partial charge is 0.486 e. The Balaban J connectivity index is 1.86. The second kappa shape index (κ2) is 7.64. The van der Waals surface area contributed by atoms with Gasteiger partial charge >= 0.3 is 0 Å². The molecule has 0 saturated carbocycles. The van der Waals surface area contributed by atoms with E-state index in [0.29, 0.717) is 13.2 Å². The molecule has 0 spiro atoms. The average molecular weight is 293 g/mol. The molecule has 1 aliphatic rings. The molecule has 1 aromatic carbocycles. The summed E-state index contributed by atoms with van der Waals surface area (Å²) in [6.07, 6.45) is 1.15. The topological polar surface area (TPSA) is 51.0 Å². The molecule has 0 aromatic heterocycles. The highest BCUT2D eigenvalue weighted by atomic mass is 16.6. The molecule has 5 heteroatoms. The van der Waals surface area contributed by atoms with E-state index in [1.165, 1.54) is 0 Å². The highest BCUT2D eigenvalue weighted by Gasteiger charge is 2.15. The van der Waals surface area contributed by atoms with Gasteiger partial charge in [-0.3, -0.25) is 0 Å². The first-order valence-corrected chi connectivity index (χ1v) is 7.54. The Hall–Kier alpha value is -1.30. The van der Waals surface area contributed by atoms with Crippen LogP contribution in [-0.2, 0) is 0 Å². The molecule has 1 unspecified atom stereocenters. The zero-order valence-electron chi connectivity index (χ0n) is 13.3. The van der Waals surface area contributed by atoms with Crippen LogP contribution in [0.25, 0.3) is 0 Å². The lowest BCUT2D eigenvalue weighted by Gasteiger charge is -2.24. The fourth-order valence-corrected chi connectivity index (χ4v) is 2.48. The number of hydrogen-bond donors (Lipinski definition) is 1. The monoisotopic (exact) mass is 293 g/mol. The summed E-state index contributed by atoms with van der Waals surface area (Å²) in [4.78, 5) is 4.49. The Morgan fingerprint density at radius 3 is 2.52 bits per heavy atom. The molecule has 1 atom stereocenters. The van der Waals surface area contributed by atoms with Crippen LogP contribution in [0, 0.1) is 0 Å². The number of fused-ring (bicyclic) bond motifs is 1. The van der Waals surface area contributed by atoms with E-state index in [1.54, 1.807) is 0 Å². The van der Waals surface area contributed by atoms with Gasteiger partial charge in [0.1, 0.15) is 13.2 Å². The third-order valence-electron chi connectivity index (χ3n) is 3.65. The molecule has 1 heterocycles. The number of nitrogens with zero attached hydrogens (tertiary/aromatic N) is 2. The first kappa shape index (κ1) is 16.1. The van der Waals surface area contributed by atoms with Gasteiger partial charge in [0.25, 0.3) is 0 Å². The van der Waals surface area contributed by atoms with Crippen LogP contribution in [0.1, 0.15) is 18.0 Å². The maximum absolute atomic E-state index is 6.31. The van der Waals surface area contributed by atoms with Crippen molar-refractivity contribution in [2.75, 3.05) is 54.0 Å². The zero-order valence-corrected chi connectivity index (χ0v) is 13.3. The third-order valence-corrected chi connectivity index (χ3v) is 3.65. The van der Waals surface area contributed by atoms with Crippen molar-refractivity contribution in [1.82, 2.24) is 9.80 Å². The second-order valence-corrected chi connectivity index (χ2v) is 5.93. The number of likely N-dealkylation sites (N-methyl/N-ethyl adjacent to an activating group) is 1. The highest BCUT2D eigenvalue weighted by molar-refractivity contribution is 5.44. The highest BCUT2D eigenvalue weighted by Crippen LogP contribution is 2.32. The SMILES string of the molecule is CN(C)CCCN(C)CC(N)c1ccc2c(c1)OCCO2. The predicted molar refractivity (Wildman–Crippen MR) is 85.0 cm³/mol. The average Bonchev–Trinajstić information content (AvgIpc) is 2.46. The quantitative estimate of drug-likeness (QED) is 0.822. The Bertz CT molecular complexity index is 451. The number of hydrogen-bond acceptors (Lipinski definition) is 5. The summed E-state index contributed by atoms with van der Waals surface area (Å²) < 4.78 is 11.1. The Labute approximate surface area is 127 Å². The van der Waals surface area contributed by atoms with E-state index in [0.717, 1.165) is 43.1 Å². The Morgan fingerprint density at radius 2 is 1.81 bits per heavy atom. The van der Waals surface area contributed by atoms with Gasteiger partial charge in [-0.25, -0.2) is 0 Å². The van der Waals surface area contributed by atoms with Crippen LogP contribution in [0.4, 0.5) is 0 Å². The maximum atomic E-state index is 6.31. The van der Waals surface area contributed by atoms with Crippen LogP contribution in [0.5, 0.6) is 11.5 Å². The summed E-state index contributed by atoms with van der Waals surface area (Å²) in [5, 5.41) is 0. The van der Waals surface area contributed by atoms with E-state index < -0.39 is 0 Å². The molecule has 1 aromatic rings. The van der Waals surface area contributed by atoms with Crippen LogP contribution in [-0.4, -0.2) is 63.8 Å². The molecular weight excluding hydrogens is 266 g/mol. The van der Waals surface area contributed by atoms with Gasteiger partial charge in [0.15, 0.2) is 11.5 Å². The smallest absolute Gasteiger partial charge is 0.161 e. The lowest BCUT2D eigenvalue weighted by atomic mass is 10.1. The van der Waals surface area contributed by atoms with Crippen molar-refractivity contribution in [3.8, 4) is 11.5 Å². The standard InChI is InChI=1S/C16H27N3O2/c1-18(2)7-4-8-19(3)12-14(17)13-5-6-15-16(11-13)21-10-9-20-15/h5-6,11,14H,4,7-10,12,17H2,1-3H3. The van der Waals surface area contributed by atoms with E-state index in [-0.39, 0.29) is 6.04 Å². The van der Waals surface area contributed by atoms with Crippen molar-refractivity contribution < 1.29 is 9.47 Å². The van der Waals surface area contributed by atoms with Gasteiger partial charge in [0.05, 0.1) is 0 Å². The minimum absolute atomic E-state index is 0.00909. The number of benzene rings is 1. The molecule has 118 valence electrons. The second-order valence-electron chi connectivity index (χ2n) is 5.93. The van der Waals surface area contributed by atoms with Crippen molar-refractivity contribution in [1.29, 1.82) is 0 Å². The maximum Gasteiger partial charge on any atom is 0.161 e. The van der Waals surface area contributed by atoms with Crippen molar-refractivity contribution >= 4 is 0 Å². The summed E-state index contributed by atoms with van der Waals surface area (Å²) in [7, 11) is 6.31. The first-order chi connectivity index (χ1) is 10.1. The van der Waals surface area contributed by atoms with Gasteiger partial charge in [-0.2, -0.15) is 0 Å². The van der Waals surface area contributed by atoms with E-state index in [1.807, 2.05) is 18.2 Å². The molecule has 0 bridgehead atoms. The van der Waals surface area contributed by atoms with Crippen molar-refractivity contribution in [2.45, 2.75) is 12.5 Å². The Kier molecular flexibility index (Phi) is 5.85. The molecule has 21 heavy (non-hydrogen) atoms. The predicted octanol–water partition coefficient (Wildman–Crippen LogP) is 1.34. The molecule has 2 N–H and O–H groups in total. The van der Waals surface area contributed by atoms with Crippen molar-refractivity contribution in [3.05, 3.63) is 23.8 Å². The molecule has 5 nitrogen and oxygen atoms in total. The lowest BCUT2D eigenvalue weighted by Crippen LogP contribution is -2.31. The van der Waals surface area contributed by atoms with E-state index in [4.69, 9.17) is 15.2 Å². The molecule has 2 rings (SSSR count). The Morgan fingerprint density at radius 1 is 1.10 bits per heavy atom. The van der Waals surface area contributed by atoms with Gasteiger partial charge < -0.3 is 25.0 Å². The lowest BCUT2D eigenvalue weighted by molar-refractivity contribution is 0.171. The zero-order chi connectivity index (χ0) is 15.2. The molecule has 0 aliphatic carbocycles. The van der Waals surface area contributed by atoms with Gasteiger partial charge in [-0.15, -0.1) is 0 Å². The minimum Gasteiger partial charge on any atom is -0.486 e. The van der Waals surface area contributed by atoms with Gasteiger partial charge in [-0.1, -0.05) is 6.07 Å². The molecule has 0 fully saturated rings. The molecular formula is C16H27N3O2. The van der Waals surface area contributed by atoms with E-state index in [2.05, 4.69) is 30.9 Å². The fraction of sp³-hybridized carbons (Fsp3) is 0.625. The van der Waals surface area contributed by atoms with Crippen LogP contribution >= 0.6 is 0 Å².